The largest absolute Gasteiger partial charge is 0.288 e. The van der Waals surface area contributed by atoms with Crippen molar-refractivity contribution < 1.29 is 9.59 Å². The molecule has 0 saturated heterocycles. The molecule has 0 radical (unpaired) electrons. The average molecular weight is 219 g/mol. The first-order valence-electron chi connectivity index (χ1n) is 5.26. The maximum Gasteiger partial charge on any atom is 0.258 e. The normalized spacial score (nSPS) is 17.2. The van der Waals surface area contributed by atoms with Crippen molar-refractivity contribution in [3.8, 4) is 0 Å². The van der Waals surface area contributed by atoms with Gasteiger partial charge in [-0.1, -0.05) is 30.7 Å². The Morgan fingerprint density at radius 1 is 1.25 bits per heavy atom. The fraction of sp³-hybridized carbons (Fsp3) is 0.385. The van der Waals surface area contributed by atoms with Gasteiger partial charge in [-0.2, -0.15) is 0 Å². The summed E-state index contributed by atoms with van der Waals surface area (Å²) >= 11 is 0. The molecule has 0 fully saturated rings. The topological polar surface area (TPSA) is 46.2 Å². The van der Waals surface area contributed by atoms with Crippen LogP contribution in [-0.4, -0.2) is 11.8 Å². The van der Waals surface area contributed by atoms with Crippen LogP contribution in [0.25, 0.3) is 0 Å². The number of carbonyl (C=O) groups is 2. The lowest BCUT2D eigenvalue weighted by Gasteiger charge is -2.14. The van der Waals surface area contributed by atoms with Gasteiger partial charge in [-0.15, -0.1) is 0 Å². The van der Waals surface area contributed by atoms with Crippen LogP contribution in [-0.2, 0) is 9.59 Å². The molecule has 1 N–H and O–H groups in total. The summed E-state index contributed by atoms with van der Waals surface area (Å²) in [6.45, 7) is 11.5. The van der Waals surface area contributed by atoms with Crippen molar-refractivity contribution in [1.29, 1.82) is 0 Å². The van der Waals surface area contributed by atoms with E-state index in [9.17, 15) is 9.59 Å². The minimum absolute atomic E-state index is 0.0514. The van der Waals surface area contributed by atoms with E-state index in [2.05, 4.69) is 11.9 Å². The summed E-state index contributed by atoms with van der Waals surface area (Å²) in [4.78, 5) is 23.1. The Morgan fingerprint density at radius 3 is 2.25 bits per heavy atom. The zero-order chi connectivity index (χ0) is 12.5. The summed E-state index contributed by atoms with van der Waals surface area (Å²) in [7, 11) is 0. The molecule has 0 aromatic heterocycles. The van der Waals surface area contributed by atoms with Crippen LogP contribution in [0.4, 0.5) is 0 Å². The standard InChI is InChI=1S/C13H17NO2/c1-6-10-11(13(16)14-12(10)15)9(5)8(4)7(2)3/h6,9H,1H2,2-5H3,(H,14,15,16). The second-order valence-electron chi connectivity index (χ2n) is 4.22. The van der Waals surface area contributed by atoms with Crippen molar-refractivity contribution in [2.45, 2.75) is 27.7 Å². The average Bonchev–Trinajstić information content (AvgIpc) is 2.50. The van der Waals surface area contributed by atoms with E-state index in [1.165, 1.54) is 6.08 Å². The van der Waals surface area contributed by atoms with Gasteiger partial charge in [-0.05, 0) is 20.8 Å². The van der Waals surface area contributed by atoms with Crippen LogP contribution in [0.15, 0.2) is 34.9 Å². The van der Waals surface area contributed by atoms with Crippen LogP contribution in [0, 0.1) is 5.92 Å². The van der Waals surface area contributed by atoms with Crippen LogP contribution in [0.3, 0.4) is 0 Å². The lowest BCUT2D eigenvalue weighted by molar-refractivity contribution is -0.124. The molecular weight excluding hydrogens is 202 g/mol. The van der Waals surface area contributed by atoms with E-state index in [1.807, 2.05) is 27.7 Å². The van der Waals surface area contributed by atoms with Crippen LogP contribution < -0.4 is 5.32 Å². The Bertz CT molecular complexity index is 423. The molecule has 3 nitrogen and oxygen atoms in total. The third-order valence-electron chi connectivity index (χ3n) is 3.08. The number of imide groups is 1. The first-order chi connectivity index (χ1) is 7.40. The molecule has 0 aliphatic carbocycles. The number of hydrogen-bond donors (Lipinski definition) is 1. The monoisotopic (exact) mass is 219 g/mol. The summed E-state index contributed by atoms with van der Waals surface area (Å²) in [6, 6.07) is 0. The second-order valence-corrected chi connectivity index (χ2v) is 4.22. The molecule has 2 amide bonds. The van der Waals surface area contributed by atoms with Crippen molar-refractivity contribution in [2.24, 2.45) is 5.92 Å². The zero-order valence-corrected chi connectivity index (χ0v) is 10.2. The van der Waals surface area contributed by atoms with E-state index < -0.39 is 0 Å². The highest BCUT2D eigenvalue weighted by Crippen LogP contribution is 2.28. The van der Waals surface area contributed by atoms with E-state index >= 15 is 0 Å². The van der Waals surface area contributed by atoms with E-state index in [0.717, 1.165) is 11.1 Å². The van der Waals surface area contributed by atoms with Crippen LogP contribution in [0.5, 0.6) is 0 Å². The minimum atomic E-state index is -0.344. The van der Waals surface area contributed by atoms with Crippen LogP contribution in [0.2, 0.25) is 0 Å². The van der Waals surface area contributed by atoms with E-state index in [0.29, 0.717) is 11.1 Å². The third-order valence-corrected chi connectivity index (χ3v) is 3.08. The van der Waals surface area contributed by atoms with Gasteiger partial charge in [0.15, 0.2) is 0 Å². The van der Waals surface area contributed by atoms with E-state index in [-0.39, 0.29) is 17.7 Å². The quantitative estimate of drug-likeness (QED) is 0.583. The lowest BCUT2D eigenvalue weighted by Crippen LogP contribution is -2.24. The van der Waals surface area contributed by atoms with Crippen molar-refractivity contribution in [2.75, 3.05) is 0 Å². The zero-order valence-electron chi connectivity index (χ0n) is 10.2. The summed E-state index contributed by atoms with van der Waals surface area (Å²) in [5, 5.41) is 2.30. The molecule has 1 aliphatic heterocycles. The highest BCUT2D eigenvalue weighted by molar-refractivity contribution is 6.21. The van der Waals surface area contributed by atoms with Crippen molar-refractivity contribution in [1.82, 2.24) is 5.32 Å². The maximum atomic E-state index is 11.7. The van der Waals surface area contributed by atoms with E-state index in [1.54, 1.807) is 0 Å². The second kappa shape index (κ2) is 4.47. The highest BCUT2D eigenvalue weighted by atomic mass is 16.2. The Hall–Kier alpha value is -1.64. The SMILES string of the molecule is C=CC1=C(C(C)C(C)=C(C)C)C(=O)NC1=O. The number of nitrogens with one attached hydrogen (secondary N) is 1. The van der Waals surface area contributed by atoms with Gasteiger partial charge in [0.1, 0.15) is 0 Å². The molecule has 1 heterocycles. The summed E-state index contributed by atoms with van der Waals surface area (Å²) < 4.78 is 0. The molecule has 1 atom stereocenters. The van der Waals surface area contributed by atoms with Gasteiger partial charge in [0.2, 0.25) is 0 Å². The predicted octanol–water partition coefficient (Wildman–Crippen LogP) is 2.12. The van der Waals surface area contributed by atoms with Crippen molar-refractivity contribution >= 4 is 11.8 Å². The Morgan fingerprint density at radius 2 is 1.81 bits per heavy atom. The number of rotatable bonds is 3. The van der Waals surface area contributed by atoms with Gasteiger partial charge in [-0.25, -0.2) is 0 Å². The van der Waals surface area contributed by atoms with Crippen molar-refractivity contribution in [3.05, 3.63) is 34.9 Å². The molecule has 0 aromatic rings. The third kappa shape index (κ3) is 1.98. The molecule has 0 saturated carbocycles. The molecule has 1 aliphatic rings. The van der Waals surface area contributed by atoms with Gasteiger partial charge in [0.25, 0.3) is 11.8 Å². The van der Waals surface area contributed by atoms with Crippen molar-refractivity contribution in [3.63, 3.8) is 0 Å². The van der Waals surface area contributed by atoms with Gasteiger partial charge in [0.05, 0.1) is 0 Å². The molecule has 86 valence electrons. The molecule has 1 rings (SSSR count). The first-order valence-corrected chi connectivity index (χ1v) is 5.26. The number of allylic oxidation sites excluding steroid dienone is 2. The van der Waals surface area contributed by atoms with Gasteiger partial charge >= 0.3 is 0 Å². The summed E-state index contributed by atoms with van der Waals surface area (Å²) in [5.41, 5.74) is 3.20. The molecule has 1 unspecified atom stereocenters. The fourth-order valence-corrected chi connectivity index (χ4v) is 1.76. The number of carbonyl (C=O) groups excluding carboxylic acids is 2. The van der Waals surface area contributed by atoms with Gasteiger partial charge < -0.3 is 0 Å². The molecule has 3 heteroatoms. The summed E-state index contributed by atoms with van der Waals surface area (Å²) in [6.07, 6.45) is 1.45. The Kier molecular flexibility index (Phi) is 3.48. The van der Waals surface area contributed by atoms with Gasteiger partial charge in [0, 0.05) is 17.1 Å². The Balaban J connectivity index is 3.26. The van der Waals surface area contributed by atoms with Crippen LogP contribution in [0.1, 0.15) is 27.7 Å². The number of amides is 2. The van der Waals surface area contributed by atoms with Gasteiger partial charge in [-0.3, -0.25) is 14.9 Å². The van der Waals surface area contributed by atoms with Crippen LogP contribution >= 0.6 is 0 Å². The first kappa shape index (κ1) is 12.4. The molecule has 0 spiro atoms. The molecule has 0 bridgehead atoms. The fourth-order valence-electron chi connectivity index (χ4n) is 1.76. The highest BCUT2D eigenvalue weighted by Gasteiger charge is 2.32. The summed E-state index contributed by atoms with van der Waals surface area (Å²) in [5.74, 6) is -0.694. The number of hydrogen-bond acceptors (Lipinski definition) is 2. The van der Waals surface area contributed by atoms with E-state index in [4.69, 9.17) is 0 Å². The molecule has 16 heavy (non-hydrogen) atoms. The Labute approximate surface area is 95.9 Å². The smallest absolute Gasteiger partial charge is 0.258 e. The predicted molar refractivity (Wildman–Crippen MR) is 63.6 cm³/mol. The lowest BCUT2D eigenvalue weighted by atomic mass is 9.88. The molecular formula is C13H17NO2. The maximum absolute atomic E-state index is 11.7. The minimum Gasteiger partial charge on any atom is -0.288 e. The molecule has 0 aromatic carbocycles.